The zero-order chi connectivity index (χ0) is 27.0. The predicted molar refractivity (Wildman–Crippen MR) is 145 cm³/mol. The van der Waals surface area contributed by atoms with Crippen molar-refractivity contribution in [2.24, 2.45) is 0 Å². The summed E-state index contributed by atoms with van der Waals surface area (Å²) in [7, 11) is 1.66. The van der Waals surface area contributed by atoms with Crippen molar-refractivity contribution >= 4 is 17.7 Å². The Hall–Kier alpha value is -2.19. The first-order chi connectivity index (χ1) is 17.4. The molecule has 206 valence electrons. The zero-order valence-electron chi connectivity index (χ0n) is 23.9. The summed E-state index contributed by atoms with van der Waals surface area (Å²) in [6.07, 6.45) is 7.88. The van der Waals surface area contributed by atoms with Crippen LogP contribution in [0.1, 0.15) is 90.8 Å². The highest BCUT2D eigenvalue weighted by molar-refractivity contribution is 5.97. The van der Waals surface area contributed by atoms with Gasteiger partial charge in [-0.25, -0.2) is 4.79 Å². The Morgan fingerprint density at radius 3 is 2.49 bits per heavy atom. The monoisotopic (exact) mass is 514 g/mol. The lowest BCUT2D eigenvalue weighted by Gasteiger charge is -2.45. The molecule has 2 aliphatic heterocycles. The molecule has 1 aliphatic carbocycles. The first kappa shape index (κ1) is 27.8. The van der Waals surface area contributed by atoms with E-state index in [1.54, 1.807) is 12.0 Å². The molecular formula is C29H46N4O4. The van der Waals surface area contributed by atoms with Gasteiger partial charge in [-0.2, -0.15) is 0 Å². The largest absolute Gasteiger partial charge is 0.444 e. The third-order valence-corrected chi connectivity index (χ3v) is 8.08. The summed E-state index contributed by atoms with van der Waals surface area (Å²) in [5.74, 6) is 0.583. The quantitative estimate of drug-likeness (QED) is 0.567. The lowest BCUT2D eigenvalue weighted by Crippen LogP contribution is -2.62. The van der Waals surface area contributed by atoms with E-state index in [1.807, 2.05) is 38.8 Å². The van der Waals surface area contributed by atoms with Crippen LogP contribution in [-0.4, -0.2) is 84.4 Å². The van der Waals surface area contributed by atoms with Gasteiger partial charge in [-0.15, -0.1) is 0 Å². The molecule has 2 fully saturated rings. The third-order valence-electron chi connectivity index (χ3n) is 8.08. The molecule has 1 aromatic rings. The van der Waals surface area contributed by atoms with Gasteiger partial charge in [0, 0.05) is 61.6 Å². The van der Waals surface area contributed by atoms with E-state index in [2.05, 4.69) is 24.8 Å². The SMILES string of the molecule is COC[C@H]1CN(C(=O)OC(C)(C)C)[C@H](C)CN1CC(=O)N1CC(C)(C)c2cnc(C3CCCCC3)cc21. The molecule has 2 atom stereocenters. The van der Waals surface area contributed by atoms with E-state index >= 15 is 0 Å². The van der Waals surface area contributed by atoms with Crippen molar-refractivity contribution in [3.05, 3.63) is 23.5 Å². The van der Waals surface area contributed by atoms with Gasteiger partial charge < -0.3 is 19.3 Å². The van der Waals surface area contributed by atoms with Crippen molar-refractivity contribution in [1.29, 1.82) is 0 Å². The summed E-state index contributed by atoms with van der Waals surface area (Å²) >= 11 is 0. The van der Waals surface area contributed by atoms with E-state index in [1.165, 1.54) is 32.1 Å². The van der Waals surface area contributed by atoms with Crippen LogP contribution in [0.15, 0.2) is 12.3 Å². The molecule has 0 aromatic carbocycles. The topological polar surface area (TPSA) is 75.2 Å². The number of rotatable bonds is 5. The highest BCUT2D eigenvalue weighted by atomic mass is 16.6. The van der Waals surface area contributed by atoms with Crippen molar-refractivity contribution in [1.82, 2.24) is 14.8 Å². The summed E-state index contributed by atoms with van der Waals surface area (Å²) in [6.45, 7) is 14.5. The van der Waals surface area contributed by atoms with Crippen LogP contribution in [-0.2, 0) is 19.7 Å². The molecule has 1 aromatic heterocycles. The van der Waals surface area contributed by atoms with Gasteiger partial charge in [0.05, 0.1) is 24.9 Å². The Bertz CT molecular complexity index is 983. The van der Waals surface area contributed by atoms with Gasteiger partial charge in [0.25, 0.3) is 0 Å². The highest BCUT2D eigenvalue weighted by Crippen LogP contribution is 2.42. The summed E-state index contributed by atoms with van der Waals surface area (Å²) in [5, 5.41) is 0. The van der Waals surface area contributed by atoms with Crippen molar-refractivity contribution in [3.8, 4) is 0 Å². The third kappa shape index (κ3) is 6.28. The molecule has 0 N–H and O–H groups in total. The summed E-state index contributed by atoms with van der Waals surface area (Å²) in [6, 6.07) is 2.04. The van der Waals surface area contributed by atoms with Gasteiger partial charge in [-0.05, 0) is 46.6 Å². The Morgan fingerprint density at radius 1 is 1.14 bits per heavy atom. The second kappa shape index (κ2) is 10.9. The average molecular weight is 515 g/mol. The fraction of sp³-hybridized carbons (Fsp3) is 0.759. The number of pyridine rings is 1. The first-order valence-electron chi connectivity index (χ1n) is 13.9. The van der Waals surface area contributed by atoms with Gasteiger partial charge >= 0.3 is 6.09 Å². The molecule has 0 radical (unpaired) electrons. The number of anilines is 1. The minimum absolute atomic E-state index is 0.0693. The molecule has 1 saturated carbocycles. The molecule has 8 heteroatoms. The molecule has 0 unspecified atom stereocenters. The zero-order valence-corrected chi connectivity index (χ0v) is 23.9. The number of ether oxygens (including phenoxy) is 2. The lowest BCUT2D eigenvalue weighted by molar-refractivity contribution is -0.121. The highest BCUT2D eigenvalue weighted by Gasteiger charge is 2.42. The number of fused-ring (bicyclic) bond motifs is 1. The van der Waals surface area contributed by atoms with Crippen LogP contribution in [0, 0.1) is 0 Å². The second-order valence-electron chi connectivity index (χ2n) is 12.8. The van der Waals surface area contributed by atoms with Crippen molar-refractivity contribution in [2.75, 3.05) is 44.8 Å². The van der Waals surface area contributed by atoms with Crippen LogP contribution in [0.5, 0.6) is 0 Å². The minimum atomic E-state index is -0.554. The predicted octanol–water partition coefficient (Wildman–Crippen LogP) is 4.71. The standard InChI is InChI=1S/C29H46N4O4/c1-20-15-31(22(18-36-7)16-32(20)27(35)37-28(2,3)4)17-26(34)33-19-29(5,6)23-14-30-24(13-25(23)33)21-11-9-8-10-12-21/h13-14,20-22H,8-12,15-19H2,1-7H3/t20-,22-/m1/s1. The number of carbonyl (C=O) groups excluding carboxylic acids is 2. The van der Waals surface area contributed by atoms with Crippen molar-refractivity contribution in [3.63, 3.8) is 0 Å². The first-order valence-corrected chi connectivity index (χ1v) is 13.9. The van der Waals surface area contributed by atoms with Crippen LogP contribution in [0.4, 0.5) is 10.5 Å². The van der Waals surface area contributed by atoms with Gasteiger partial charge in [0.15, 0.2) is 0 Å². The number of hydrogen-bond donors (Lipinski definition) is 0. The van der Waals surface area contributed by atoms with E-state index in [-0.39, 0.29) is 36.0 Å². The Kier molecular flexibility index (Phi) is 8.19. The number of hydrogen-bond acceptors (Lipinski definition) is 6. The van der Waals surface area contributed by atoms with Gasteiger partial charge in [-0.3, -0.25) is 14.7 Å². The maximum atomic E-state index is 13.8. The van der Waals surface area contributed by atoms with Gasteiger partial charge in [0.2, 0.25) is 5.91 Å². The van der Waals surface area contributed by atoms with Crippen molar-refractivity contribution in [2.45, 2.75) is 103 Å². The van der Waals surface area contributed by atoms with E-state index in [0.29, 0.717) is 32.2 Å². The van der Waals surface area contributed by atoms with Crippen LogP contribution in [0.2, 0.25) is 0 Å². The van der Waals surface area contributed by atoms with Gasteiger partial charge in [0.1, 0.15) is 5.60 Å². The Morgan fingerprint density at radius 2 is 1.84 bits per heavy atom. The molecule has 3 aliphatic rings. The normalized spacial score (nSPS) is 24.7. The molecule has 8 nitrogen and oxygen atoms in total. The maximum absolute atomic E-state index is 13.8. The number of piperazine rings is 1. The van der Waals surface area contributed by atoms with Crippen LogP contribution >= 0.6 is 0 Å². The maximum Gasteiger partial charge on any atom is 0.410 e. The van der Waals surface area contributed by atoms with Crippen molar-refractivity contribution < 1.29 is 19.1 Å². The molecule has 3 heterocycles. The molecular weight excluding hydrogens is 468 g/mol. The van der Waals surface area contributed by atoms with Crippen LogP contribution in [0.3, 0.4) is 0 Å². The number of methoxy groups -OCH3 is 1. The smallest absolute Gasteiger partial charge is 0.410 e. The summed E-state index contributed by atoms with van der Waals surface area (Å²) in [4.78, 5) is 37.4. The Labute approximate surface area is 222 Å². The fourth-order valence-electron chi connectivity index (χ4n) is 6.10. The molecule has 0 spiro atoms. The number of aromatic nitrogens is 1. The van der Waals surface area contributed by atoms with E-state index < -0.39 is 5.60 Å². The van der Waals surface area contributed by atoms with Crippen LogP contribution in [0.25, 0.3) is 0 Å². The summed E-state index contributed by atoms with van der Waals surface area (Å²) < 4.78 is 11.1. The van der Waals surface area contributed by atoms with Crippen LogP contribution < -0.4 is 4.90 Å². The fourth-order valence-corrected chi connectivity index (χ4v) is 6.10. The second-order valence-corrected chi connectivity index (χ2v) is 12.8. The number of carbonyl (C=O) groups is 2. The molecule has 4 rings (SSSR count). The average Bonchev–Trinajstić information content (AvgIpc) is 3.10. The van der Waals surface area contributed by atoms with E-state index in [9.17, 15) is 9.59 Å². The van der Waals surface area contributed by atoms with E-state index in [0.717, 1.165) is 16.9 Å². The molecule has 37 heavy (non-hydrogen) atoms. The molecule has 1 saturated heterocycles. The number of nitrogens with zero attached hydrogens (tertiary/aromatic N) is 4. The Balaban J connectivity index is 1.50. The summed E-state index contributed by atoms with van der Waals surface area (Å²) in [5.41, 5.74) is 2.61. The molecule has 2 amide bonds. The lowest BCUT2D eigenvalue weighted by atomic mass is 9.85. The van der Waals surface area contributed by atoms with E-state index in [4.69, 9.17) is 14.5 Å². The molecule has 0 bridgehead atoms. The minimum Gasteiger partial charge on any atom is -0.444 e. The van der Waals surface area contributed by atoms with Gasteiger partial charge in [-0.1, -0.05) is 33.1 Å². The number of amides is 2.